The van der Waals surface area contributed by atoms with Crippen LogP contribution in [0.4, 0.5) is 0 Å². The van der Waals surface area contributed by atoms with Crippen molar-refractivity contribution in [3.05, 3.63) is 58.7 Å². The predicted molar refractivity (Wildman–Crippen MR) is 81.8 cm³/mol. The Hall–Kier alpha value is -2.00. The molecule has 0 radical (unpaired) electrons. The summed E-state index contributed by atoms with van der Waals surface area (Å²) < 4.78 is 5.29. The summed E-state index contributed by atoms with van der Waals surface area (Å²) in [5, 5.41) is 19.5. The van der Waals surface area contributed by atoms with Gasteiger partial charge in [0.15, 0.2) is 0 Å². The van der Waals surface area contributed by atoms with Crippen molar-refractivity contribution in [1.29, 1.82) is 0 Å². The molecule has 2 aromatic rings. The minimum Gasteiger partial charge on any atom is -0.508 e. The normalized spacial score (nSPS) is 16.8. The van der Waals surface area contributed by atoms with E-state index < -0.39 is 0 Å². The molecule has 3 heteroatoms. The molecule has 0 amide bonds. The number of phenols is 1. The van der Waals surface area contributed by atoms with Crippen molar-refractivity contribution in [3.63, 3.8) is 0 Å². The highest BCUT2D eigenvalue weighted by Crippen LogP contribution is 2.41. The Morgan fingerprint density at radius 2 is 2.00 bits per heavy atom. The lowest BCUT2D eigenvalue weighted by molar-refractivity contribution is 0.281. The third-order valence-corrected chi connectivity index (χ3v) is 4.27. The lowest BCUT2D eigenvalue weighted by atomic mass is 9.92. The Kier molecular flexibility index (Phi) is 3.84. The van der Waals surface area contributed by atoms with E-state index in [2.05, 4.69) is 6.07 Å². The number of hydrogen-bond acceptors (Lipinski definition) is 3. The van der Waals surface area contributed by atoms with Crippen molar-refractivity contribution >= 4 is 0 Å². The van der Waals surface area contributed by atoms with Crippen LogP contribution in [0.2, 0.25) is 0 Å². The van der Waals surface area contributed by atoms with Crippen molar-refractivity contribution in [1.82, 2.24) is 0 Å². The van der Waals surface area contributed by atoms with Crippen molar-refractivity contribution in [3.8, 4) is 11.5 Å². The number of aromatic hydroxyl groups is 1. The van der Waals surface area contributed by atoms with Gasteiger partial charge in [-0.15, -0.1) is 0 Å². The fourth-order valence-electron chi connectivity index (χ4n) is 3.31. The van der Waals surface area contributed by atoms with Crippen LogP contribution in [-0.4, -0.2) is 17.3 Å². The van der Waals surface area contributed by atoms with Gasteiger partial charge in [0.05, 0.1) is 13.7 Å². The fraction of sp³-hybridized carbons (Fsp3) is 0.333. The zero-order valence-electron chi connectivity index (χ0n) is 12.2. The summed E-state index contributed by atoms with van der Waals surface area (Å²) in [6.07, 6.45) is 2.93. The number of methoxy groups -OCH3 is 1. The van der Waals surface area contributed by atoms with Gasteiger partial charge in [0.1, 0.15) is 11.5 Å². The zero-order chi connectivity index (χ0) is 14.8. The van der Waals surface area contributed by atoms with E-state index in [9.17, 15) is 10.2 Å². The Morgan fingerprint density at radius 3 is 2.76 bits per heavy atom. The van der Waals surface area contributed by atoms with Crippen LogP contribution in [0, 0.1) is 0 Å². The predicted octanol–water partition coefficient (Wildman–Crippen LogP) is 3.17. The van der Waals surface area contributed by atoms with Crippen LogP contribution in [0.5, 0.6) is 11.5 Å². The molecular formula is C18H20O3. The number of ether oxygens (including phenoxy) is 1. The highest BCUT2D eigenvalue weighted by molar-refractivity contribution is 5.46. The van der Waals surface area contributed by atoms with Crippen LogP contribution < -0.4 is 4.74 Å². The number of hydrogen-bond donors (Lipinski definition) is 2. The minimum absolute atomic E-state index is 0.0106. The van der Waals surface area contributed by atoms with Gasteiger partial charge >= 0.3 is 0 Å². The first-order chi connectivity index (χ1) is 10.2. The Morgan fingerprint density at radius 1 is 1.19 bits per heavy atom. The molecule has 110 valence electrons. The first-order valence-electron chi connectivity index (χ1n) is 7.29. The van der Waals surface area contributed by atoms with Gasteiger partial charge in [0.25, 0.3) is 0 Å². The van der Waals surface area contributed by atoms with E-state index >= 15 is 0 Å². The van der Waals surface area contributed by atoms with Crippen molar-refractivity contribution in [2.45, 2.75) is 31.8 Å². The Bertz CT molecular complexity index is 627. The number of aliphatic hydroxyl groups is 1. The van der Waals surface area contributed by atoms with E-state index in [1.165, 1.54) is 5.56 Å². The quantitative estimate of drug-likeness (QED) is 0.906. The molecule has 0 fully saturated rings. The summed E-state index contributed by atoms with van der Waals surface area (Å²) in [5.74, 6) is 1.51. The van der Waals surface area contributed by atoms with E-state index in [4.69, 9.17) is 4.74 Å². The molecule has 0 aromatic heterocycles. The number of aliphatic hydroxyl groups excluding tert-OH is 1. The number of aryl methyl sites for hydroxylation is 1. The maximum atomic E-state index is 10.1. The second-order valence-corrected chi connectivity index (χ2v) is 5.64. The molecule has 0 bridgehead atoms. The maximum absolute atomic E-state index is 10.1. The lowest BCUT2D eigenvalue weighted by Gasteiger charge is -2.15. The summed E-state index contributed by atoms with van der Waals surface area (Å²) in [6, 6.07) is 11.6. The molecule has 1 aliphatic carbocycles. The molecule has 0 saturated heterocycles. The van der Waals surface area contributed by atoms with Crippen molar-refractivity contribution < 1.29 is 14.9 Å². The first kappa shape index (κ1) is 14.0. The SMILES string of the molecule is COc1cc(CO)cc(CC2CCc3cccc(O)c32)c1. The highest BCUT2D eigenvalue weighted by atomic mass is 16.5. The molecule has 21 heavy (non-hydrogen) atoms. The molecule has 3 rings (SSSR count). The first-order valence-corrected chi connectivity index (χ1v) is 7.29. The third-order valence-electron chi connectivity index (χ3n) is 4.27. The number of phenolic OH excluding ortho intramolecular Hbond substituents is 1. The summed E-state index contributed by atoms with van der Waals surface area (Å²) in [6.45, 7) is 0.0106. The minimum atomic E-state index is 0.0106. The van der Waals surface area contributed by atoms with Crippen LogP contribution in [0.25, 0.3) is 0 Å². The molecule has 0 spiro atoms. The Balaban J connectivity index is 1.89. The maximum Gasteiger partial charge on any atom is 0.119 e. The molecule has 1 aliphatic rings. The van der Waals surface area contributed by atoms with Gasteiger partial charge in [-0.3, -0.25) is 0 Å². The largest absolute Gasteiger partial charge is 0.508 e. The van der Waals surface area contributed by atoms with Gasteiger partial charge in [-0.05, 0) is 60.1 Å². The zero-order valence-corrected chi connectivity index (χ0v) is 12.2. The molecule has 2 aromatic carbocycles. The molecule has 2 N–H and O–H groups in total. The van der Waals surface area contributed by atoms with Crippen LogP contribution in [0.3, 0.4) is 0 Å². The Labute approximate surface area is 124 Å². The number of fused-ring (bicyclic) bond motifs is 1. The number of rotatable bonds is 4. The average Bonchev–Trinajstić information content (AvgIpc) is 2.91. The highest BCUT2D eigenvalue weighted by Gasteiger charge is 2.25. The standard InChI is InChI=1S/C18H20O3/c1-21-16-9-12(7-13(10-16)11-19)8-15-6-5-14-3-2-4-17(20)18(14)15/h2-4,7,9-10,15,19-20H,5-6,8,11H2,1H3. The summed E-state index contributed by atoms with van der Waals surface area (Å²) in [4.78, 5) is 0. The molecule has 0 saturated carbocycles. The van der Waals surface area contributed by atoms with Gasteiger partial charge in [-0.1, -0.05) is 18.2 Å². The van der Waals surface area contributed by atoms with Crippen LogP contribution in [0.15, 0.2) is 36.4 Å². The van der Waals surface area contributed by atoms with Crippen LogP contribution in [-0.2, 0) is 19.4 Å². The number of benzene rings is 2. The van der Waals surface area contributed by atoms with Crippen molar-refractivity contribution in [2.75, 3.05) is 7.11 Å². The molecule has 0 aliphatic heterocycles. The van der Waals surface area contributed by atoms with Gasteiger partial charge in [-0.25, -0.2) is 0 Å². The van der Waals surface area contributed by atoms with Gasteiger partial charge in [-0.2, -0.15) is 0 Å². The van der Waals surface area contributed by atoms with E-state index in [1.807, 2.05) is 24.3 Å². The van der Waals surface area contributed by atoms with Crippen LogP contribution in [0.1, 0.15) is 34.6 Å². The van der Waals surface area contributed by atoms with E-state index in [0.29, 0.717) is 11.7 Å². The topological polar surface area (TPSA) is 49.7 Å². The molecule has 1 atom stereocenters. The second-order valence-electron chi connectivity index (χ2n) is 5.64. The molecule has 1 unspecified atom stereocenters. The molecular weight excluding hydrogens is 264 g/mol. The van der Waals surface area contributed by atoms with Crippen LogP contribution >= 0.6 is 0 Å². The second kappa shape index (κ2) is 5.78. The summed E-state index contributed by atoms with van der Waals surface area (Å²) in [7, 11) is 1.64. The van der Waals surface area contributed by atoms with E-state index in [-0.39, 0.29) is 6.61 Å². The lowest BCUT2D eigenvalue weighted by Crippen LogP contribution is -2.01. The smallest absolute Gasteiger partial charge is 0.119 e. The summed E-state index contributed by atoms with van der Waals surface area (Å²) >= 11 is 0. The average molecular weight is 284 g/mol. The van der Waals surface area contributed by atoms with Gasteiger partial charge < -0.3 is 14.9 Å². The monoisotopic (exact) mass is 284 g/mol. The van der Waals surface area contributed by atoms with E-state index in [1.54, 1.807) is 13.2 Å². The molecule has 0 heterocycles. The third kappa shape index (κ3) is 2.74. The fourth-order valence-corrected chi connectivity index (χ4v) is 3.31. The summed E-state index contributed by atoms with van der Waals surface area (Å²) in [5.41, 5.74) is 4.34. The van der Waals surface area contributed by atoms with Gasteiger partial charge in [0, 0.05) is 5.56 Å². The van der Waals surface area contributed by atoms with Gasteiger partial charge in [0.2, 0.25) is 0 Å². The molecule has 3 nitrogen and oxygen atoms in total. The van der Waals surface area contributed by atoms with E-state index in [0.717, 1.165) is 41.7 Å². The van der Waals surface area contributed by atoms with Crippen molar-refractivity contribution in [2.24, 2.45) is 0 Å².